The number of aliphatic carboxylic acids is 1. The summed E-state index contributed by atoms with van der Waals surface area (Å²) in [6.07, 6.45) is 9.80. The average molecular weight is 453 g/mol. The van der Waals surface area contributed by atoms with Crippen LogP contribution >= 0.6 is 0 Å². The highest BCUT2D eigenvalue weighted by molar-refractivity contribution is 5.98. The Bertz CT molecular complexity index is 1050. The number of allylic oxidation sites excluding steroid dienone is 3. The van der Waals surface area contributed by atoms with Crippen LogP contribution in [-0.2, 0) is 14.4 Å². The number of ketones is 2. The van der Waals surface area contributed by atoms with Gasteiger partial charge in [0.1, 0.15) is 5.78 Å². The monoisotopic (exact) mass is 452 g/mol. The molecule has 0 bridgehead atoms. The summed E-state index contributed by atoms with van der Waals surface area (Å²) < 4.78 is 0. The van der Waals surface area contributed by atoms with E-state index in [0.717, 1.165) is 43.3 Å². The Morgan fingerprint density at radius 2 is 1.55 bits per heavy atom. The van der Waals surface area contributed by atoms with E-state index in [0.29, 0.717) is 18.6 Å². The molecular weight excluding hydrogens is 412 g/mol. The summed E-state index contributed by atoms with van der Waals surface area (Å²) in [5.74, 6) is -0.250. The number of carbonyl (C=O) groups excluding carboxylic acids is 2. The van der Waals surface area contributed by atoms with Crippen molar-refractivity contribution in [3.05, 3.63) is 23.3 Å². The van der Waals surface area contributed by atoms with Crippen LogP contribution in [0.3, 0.4) is 0 Å². The summed E-state index contributed by atoms with van der Waals surface area (Å²) in [5, 5.41) is 9.97. The topological polar surface area (TPSA) is 71.4 Å². The zero-order valence-corrected chi connectivity index (χ0v) is 21.4. The number of carboxylic acids is 1. The van der Waals surface area contributed by atoms with Gasteiger partial charge in [-0.3, -0.25) is 14.4 Å². The van der Waals surface area contributed by atoms with Crippen molar-refractivity contribution in [3.8, 4) is 0 Å². The highest BCUT2D eigenvalue weighted by Gasteiger charge is 2.71. The van der Waals surface area contributed by atoms with Gasteiger partial charge in [0.15, 0.2) is 5.78 Å². The molecule has 0 heterocycles. The van der Waals surface area contributed by atoms with Gasteiger partial charge in [0, 0.05) is 17.8 Å². The van der Waals surface area contributed by atoms with E-state index in [1.165, 1.54) is 0 Å². The molecule has 3 saturated carbocycles. The maximum absolute atomic E-state index is 14.0. The van der Waals surface area contributed by atoms with Crippen LogP contribution in [0.4, 0.5) is 0 Å². The number of hydrogen-bond donors (Lipinski definition) is 1. The third-order valence-electron chi connectivity index (χ3n) is 11.9. The van der Waals surface area contributed by atoms with Gasteiger partial charge in [-0.15, -0.1) is 0 Å². The normalized spacial score (nSPS) is 50.4. The van der Waals surface area contributed by atoms with Crippen molar-refractivity contribution >= 4 is 17.5 Å². The van der Waals surface area contributed by atoms with Crippen molar-refractivity contribution in [2.75, 3.05) is 0 Å². The predicted molar refractivity (Wildman–Crippen MR) is 127 cm³/mol. The van der Waals surface area contributed by atoms with Crippen molar-refractivity contribution < 1.29 is 19.5 Å². The lowest BCUT2D eigenvalue weighted by Gasteiger charge is -2.66. The van der Waals surface area contributed by atoms with Gasteiger partial charge in [-0.1, -0.05) is 47.6 Å². The number of hydrogen-bond acceptors (Lipinski definition) is 3. The molecule has 0 spiro atoms. The van der Waals surface area contributed by atoms with Gasteiger partial charge in [0.05, 0.1) is 5.41 Å². The molecule has 3 unspecified atom stereocenters. The van der Waals surface area contributed by atoms with E-state index in [-0.39, 0.29) is 44.7 Å². The first-order chi connectivity index (χ1) is 15.1. The number of carbonyl (C=O) groups is 3. The fourth-order valence-electron chi connectivity index (χ4n) is 9.34. The molecule has 0 amide bonds. The lowest BCUT2D eigenvalue weighted by Crippen LogP contribution is -2.62. The molecule has 0 radical (unpaired) electrons. The molecule has 0 aromatic carbocycles. The Labute approximate surface area is 198 Å². The molecule has 5 rings (SSSR count). The minimum atomic E-state index is -0.889. The van der Waals surface area contributed by atoms with Gasteiger partial charge in [-0.2, -0.15) is 0 Å². The maximum atomic E-state index is 14.0. The summed E-state index contributed by atoms with van der Waals surface area (Å²) >= 11 is 0. The van der Waals surface area contributed by atoms with E-state index in [9.17, 15) is 19.5 Å². The van der Waals surface area contributed by atoms with Crippen LogP contribution in [0.5, 0.6) is 0 Å². The lowest BCUT2D eigenvalue weighted by molar-refractivity contribution is -0.157. The van der Waals surface area contributed by atoms with Crippen LogP contribution in [0.25, 0.3) is 0 Å². The molecule has 7 atom stereocenters. The average Bonchev–Trinajstić information content (AvgIpc) is 2.88. The predicted octanol–water partition coefficient (Wildman–Crippen LogP) is 6.15. The lowest BCUT2D eigenvalue weighted by atomic mass is 9.37. The fourth-order valence-corrected chi connectivity index (χ4v) is 9.34. The zero-order valence-electron chi connectivity index (χ0n) is 21.4. The second kappa shape index (κ2) is 6.29. The molecule has 0 aromatic heterocycles. The van der Waals surface area contributed by atoms with Crippen molar-refractivity contribution in [2.45, 2.75) is 93.4 Å². The first-order valence-electron chi connectivity index (χ1n) is 12.8. The SMILES string of the molecule is CC12CC[C@](C)(C(=O)O)C=C1C1=CC(=O)C3[C@@]4(C)CC(=O)C(C)(C)C4CC[C@@]3(C)[C@]1(C)CC2. The number of fused-ring (bicyclic) bond motifs is 7. The van der Waals surface area contributed by atoms with Gasteiger partial charge < -0.3 is 5.11 Å². The van der Waals surface area contributed by atoms with Crippen LogP contribution in [0.1, 0.15) is 93.4 Å². The molecular formula is C29H40O4. The fraction of sp³-hybridized carbons (Fsp3) is 0.759. The summed E-state index contributed by atoms with van der Waals surface area (Å²) in [7, 11) is 0. The molecule has 5 aliphatic carbocycles. The van der Waals surface area contributed by atoms with Gasteiger partial charge in [0.25, 0.3) is 0 Å². The van der Waals surface area contributed by atoms with Crippen molar-refractivity contribution in [2.24, 2.45) is 44.3 Å². The van der Waals surface area contributed by atoms with E-state index in [2.05, 4.69) is 41.5 Å². The Morgan fingerprint density at radius 3 is 2.18 bits per heavy atom. The van der Waals surface area contributed by atoms with E-state index >= 15 is 0 Å². The van der Waals surface area contributed by atoms with Gasteiger partial charge >= 0.3 is 5.97 Å². The standard InChI is InChI=1S/C29H40O4/c1-24(2)20-8-9-29(7)22(27(20,5)16-21(24)31)19(30)14-17-18-15-26(4,23(32)33)11-10-25(18,3)12-13-28(17,29)6/h14-15,20,22H,8-13,16H2,1-7H3,(H,32,33)/t20?,22?,25?,26-,27-,28+,29+/m0/s1. The first-order valence-corrected chi connectivity index (χ1v) is 12.8. The quantitative estimate of drug-likeness (QED) is 0.518. The zero-order chi connectivity index (χ0) is 24.4. The van der Waals surface area contributed by atoms with Crippen LogP contribution in [0.2, 0.25) is 0 Å². The van der Waals surface area contributed by atoms with E-state index in [4.69, 9.17) is 0 Å². The van der Waals surface area contributed by atoms with Crippen LogP contribution in [0.15, 0.2) is 23.3 Å². The van der Waals surface area contributed by atoms with E-state index in [1.807, 2.05) is 19.1 Å². The first kappa shape index (κ1) is 23.1. The van der Waals surface area contributed by atoms with Gasteiger partial charge in [-0.25, -0.2) is 0 Å². The van der Waals surface area contributed by atoms with E-state index in [1.54, 1.807) is 0 Å². The summed E-state index contributed by atoms with van der Waals surface area (Å²) in [5.41, 5.74) is 0.121. The van der Waals surface area contributed by atoms with Crippen molar-refractivity contribution in [3.63, 3.8) is 0 Å². The Kier molecular flexibility index (Phi) is 4.39. The molecule has 0 aromatic rings. The third-order valence-corrected chi connectivity index (χ3v) is 11.9. The molecule has 4 nitrogen and oxygen atoms in total. The van der Waals surface area contributed by atoms with Crippen LogP contribution < -0.4 is 0 Å². The van der Waals surface area contributed by atoms with Crippen LogP contribution in [0, 0.1) is 44.3 Å². The van der Waals surface area contributed by atoms with Gasteiger partial charge in [-0.05, 0) is 90.2 Å². The Morgan fingerprint density at radius 1 is 0.909 bits per heavy atom. The Balaban J connectivity index is 1.70. The highest BCUT2D eigenvalue weighted by Crippen LogP contribution is 2.74. The molecule has 0 saturated heterocycles. The minimum Gasteiger partial charge on any atom is -0.481 e. The summed E-state index contributed by atoms with van der Waals surface area (Å²) in [4.78, 5) is 39.3. The molecule has 180 valence electrons. The Hall–Kier alpha value is -1.71. The highest BCUT2D eigenvalue weighted by atomic mass is 16.4. The number of rotatable bonds is 1. The minimum absolute atomic E-state index is 0.0732. The largest absolute Gasteiger partial charge is 0.481 e. The van der Waals surface area contributed by atoms with Crippen molar-refractivity contribution in [1.82, 2.24) is 0 Å². The summed E-state index contributed by atoms with van der Waals surface area (Å²) in [6, 6.07) is 0. The molecule has 0 aliphatic heterocycles. The number of Topliss-reactive ketones (excluding diaryl/α,β-unsaturated/α-hetero) is 1. The molecule has 5 aliphatic rings. The second-order valence-corrected chi connectivity index (χ2v) is 13.9. The number of carboxylic acid groups (broad SMARTS) is 1. The van der Waals surface area contributed by atoms with Crippen LogP contribution in [-0.4, -0.2) is 22.6 Å². The molecule has 4 heteroatoms. The van der Waals surface area contributed by atoms with Gasteiger partial charge in [0.2, 0.25) is 0 Å². The smallest absolute Gasteiger partial charge is 0.313 e. The van der Waals surface area contributed by atoms with Crippen molar-refractivity contribution in [1.29, 1.82) is 0 Å². The molecule has 33 heavy (non-hydrogen) atoms. The summed E-state index contributed by atoms with van der Waals surface area (Å²) in [6.45, 7) is 15.1. The molecule has 1 N–H and O–H groups in total. The second-order valence-electron chi connectivity index (χ2n) is 13.9. The third kappa shape index (κ3) is 2.56. The van der Waals surface area contributed by atoms with E-state index < -0.39 is 11.4 Å². The molecule has 3 fully saturated rings. The maximum Gasteiger partial charge on any atom is 0.313 e.